The second-order valence-corrected chi connectivity index (χ2v) is 6.10. The minimum atomic E-state index is -4.42. The molecule has 0 bridgehead atoms. The van der Waals surface area contributed by atoms with Gasteiger partial charge < -0.3 is 9.42 Å². The fourth-order valence-corrected chi connectivity index (χ4v) is 2.84. The quantitative estimate of drug-likeness (QED) is 0.831. The van der Waals surface area contributed by atoms with Crippen LogP contribution in [0.15, 0.2) is 28.8 Å². The van der Waals surface area contributed by atoms with E-state index in [2.05, 4.69) is 15.0 Å². The molecule has 0 aliphatic carbocycles. The summed E-state index contributed by atoms with van der Waals surface area (Å²) in [4.78, 5) is 19.8. The van der Waals surface area contributed by atoms with Crippen LogP contribution in [0.2, 0.25) is 0 Å². The average Bonchev–Trinajstić information content (AvgIpc) is 3.09. The summed E-state index contributed by atoms with van der Waals surface area (Å²) in [7, 11) is 0. The van der Waals surface area contributed by atoms with E-state index in [4.69, 9.17) is 4.52 Å². The third-order valence-electron chi connectivity index (χ3n) is 4.30. The Bertz CT molecular complexity index is 767. The highest BCUT2D eigenvalue weighted by Crippen LogP contribution is 2.31. The number of piperazine rings is 1. The van der Waals surface area contributed by atoms with Gasteiger partial charge in [0.05, 0.1) is 12.1 Å². The van der Waals surface area contributed by atoms with E-state index in [0.29, 0.717) is 45.0 Å². The number of carbonyl (C=O) groups excluding carboxylic acids is 1. The molecule has 26 heavy (non-hydrogen) atoms. The fraction of sp³-hybridized carbons (Fsp3) is 0.471. The Morgan fingerprint density at radius 2 is 1.96 bits per heavy atom. The van der Waals surface area contributed by atoms with Crippen molar-refractivity contribution in [1.82, 2.24) is 19.9 Å². The molecule has 1 aliphatic rings. The van der Waals surface area contributed by atoms with Crippen LogP contribution in [-0.2, 0) is 17.5 Å². The van der Waals surface area contributed by atoms with E-state index >= 15 is 0 Å². The molecule has 9 heteroatoms. The molecule has 6 nitrogen and oxygen atoms in total. The summed E-state index contributed by atoms with van der Waals surface area (Å²) in [6.45, 7) is 4.89. The standard InChI is InChI=1S/C17H19F3N4O2/c1-2-15(25)24-8-6-23(7-9-24)11-14-21-16(22-26-14)12-4-3-5-13(10-12)17(18,19)20/h3-5,10H,2,6-9,11H2,1H3. The maximum Gasteiger partial charge on any atom is 0.416 e. The maximum atomic E-state index is 12.8. The van der Waals surface area contributed by atoms with Crippen molar-refractivity contribution in [3.8, 4) is 11.4 Å². The minimum absolute atomic E-state index is 0.130. The van der Waals surface area contributed by atoms with Gasteiger partial charge >= 0.3 is 6.18 Å². The molecule has 1 aromatic heterocycles. The molecule has 0 unspecified atom stereocenters. The summed E-state index contributed by atoms with van der Waals surface area (Å²) in [5.74, 6) is 0.604. The normalized spacial score (nSPS) is 16.1. The van der Waals surface area contributed by atoms with Gasteiger partial charge in [0.1, 0.15) is 0 Å². The fourth-order valence-electron chi connectivity index (χ4n) is 2.84. The van der Waals surface area contributed by atoms with E-state index in [1.165, 1.54) is 12.1 Å². The van der Waals surface area contributed by atoms with Gasteiger partial charge in [0.15, 0.2) is 0 Å². The number of halogens is 3. The maximum absolute atomic E-state index is 12.8. The van der Waals surface area contributed by atoms with Crippen LogP contribution in [-0.4, -0.2) is 52.0 Å². The lowest BCUT2D eigenvalue weighted by atomic mass is 10.1. The first-order valence-electron chi connectivity index (χ1n) is 8.37. The summed E-state index contributed by atoms with van der Waals surface area (Å²) in [5.41, 5.74) is -0.494. The number of alkyl halides is 3. The zero-order chi connectivity index (χ0) is 18.7. The molecule has 0 radical (unpaired) electrons. The highest BCUT2D eigenvalue weighted by molar-refractivity contribution is 5.75. The van der Waals surface area contributed by atoms with Gasteiger partial charge in [0, 0.05) is 38.2 Å². The summed E-state index contributed by atoms with van der Waals surface area (Å²) in [6, 6.07) is 4.84. The number of amides is 1. The molecule has 2 heterocycles. The first-order valence-corrected chi connectivity index (χ1v) is 8.37. The van der Waals surface area contributed by atoms with E-state index in [1.54, 1.807) is 0 Å². The van der Waals surface area contributed by atoms with Crippen molar-refractivity contribution in [2.45, 2.75) is 26.1 Å². The molecular weight excluding hydrogens is 349 g/mol. The number of nitrogens with zero attached hydrogens (tertiary/aromatic N) is 4. The molecule has 0 spiro atoms. The summed E-state index contributed by atoms with van der Waals surface area (Å²) in [5, 5.41) is 3.79. The zero-order valence-electron chi connectivity index (χ0n) is 14.3. The van der Waals surface area contributed by atoms with Gasteiger partial charge in [-0.2, -0.15) is 18.2 Å². The monoisotopic (exact) mass is 368 g/mol. The smallest absolute Gasteiger partial charge is 0.340 e. The summed E-state index contributed by atoms with van der Waals surface area (Å²) >= 11 is 0. The molecule has 1 saturated heterocycles. The number of hydrogen-bond acceptors (Lipinski definition) is 5. The van der Waals surface area contributed by atoms with Crippen LogP contribution in [0.5, 0.6) is 0 Å². The number of aromatic nitrogens is 2. The van der Waals surface area contributed by atoms with Gasteiger partial charge in [0.25, 0.3) is 0 Å². The van der Waals surface area contributed by atoms with Crippen molar-refractivity contribution in [2.24, 2.45) is 0 Å². The van der Waals surface area contributed by atoms with Crippen molar-refractivity contribution < 1.29 is 22.5 Å². The second-order valence-electron chi connectivity index (χ2n) is 6.10. The summed E-state index contributed by atoms with van der Waals surface area (Å²) < 4.78 is 43.6. The average molecular weight is 368 g/mol. The Kier molecular flexibility index (Phi) is 5.26. The molecule has 3 rings (SSSR count). The van der Waals surface area contributed by atoms with Crippen LogP contribution in [0.4, 0.5) is 13.2 Å². The van der Waals surface area contributed by atoms with E-state index in [9.17, 15) is 18.0 Å². The predicted molar refractivity (Wildman–Crippen MR) is 86.9 cm³/mol. The van der Waals surface area contributed by atoms with E-state index in [0.717, 1.165) is 12.1 Å². The SMILES string of the molecule is CCC(=O)N1CCN(Cc2nc(-c3cccc(C(F)(F)F)c3)no2)CC1. The van der Waals surface area contributed by atoms with Crippen LogP contribution in [0, 0.1) is 0 Å². The molecule has 0 N–H and O–H groups in total. The van der Waals surface area contributed by atoms with Gasteiger partial charge in [-0.25, -0.2) is 0 Å². The Morgan fingerprint density at radius 3 is 2.62 bits per heavy atom. The van der Waals surface area contributed by atoms with Crippen molar-refractivity contribution in [1.29, 1.82) is 0 Å². The number of carbonyl (C=O) groups is 1. The molecule has 1 aromatic carbocycles. The number of benzene rings is 1. The van der Waals surface area contributed by atoms with Crippen LogP contribution >= 0.6 is 0 Å². The first kappa shape index (κ1) is 18.4. The Labute approximate surface area is 148 Å². The predicted octanol–water partition coefficient (Wildman–Crippen LogP) is 2.81. The highest BCUT2D eigenvalue weighted by atomic mass is 19.4. The number of hydrogen-bond donors (Lipinski definition) is 0. The minimum Gasteiger partial charge on any atom is -0.340 e. The molecule has 1 aliphatic heterocycles. The van der Waals surface area contributed by atoms with E-state index in [-0.39, 0.29) is 17.3 Å². The van der Waals surface area contributed by atoms with Crippen LogP contribution in [0.1, 0.15) is 24.8 Å². The third kappa shape index (κ3) is 4.21. The van der Waals surface area contributed by atoms with Gasteiger partial charge in [-0.3, -0.25) is 9.69 Å². The lowest BCUT2D eigenvalue weighted by molar-refractivity contribution is -0.137. The van der Waals surface area contributed by atoms with Crippen LogP contribution in [0.25, 0.3) is 11.4 Å². The van der Waals surface area contributed by atoms with E-state index in [1.807, 2.05) is 11.8 Å². The van der Waals surface area contributed by atoms with E-state index < -0.39 is 11.7 Å². The molecule has 1 amide bonds. The van der Waals surface area contributed by atoms with Crippen LogP contribution in [0.3, 0.4) is 0 Å². The Balaban J connectivity index is 1.63. The Hall–Kier alpha value is -2.42. The highest BCUT2D eigenvalue weighted by Gasteiger charge is 2.31. The first-order chi connectivity index (χ1) is 12.4. The Morgan fingerprint density at radius 1 is 1.23 bits per heavy atom. The molecule has 0 saturated carbocycles. The van der Waals surface area contributed by atoms with Crippen molar-refractivity contribution in [2.75, 3.05) is 26.2 Å². The van der Waals surface area contributed by atoms with Gasteiger partial charge in [0.2, 0.25) is 17.6 Å². The van der Waals surface area contributed by atoms with Crippen molar-refractivity contribution in [3.63, 3.8) is 0 Å². The van der Waals surface area contributed by atoms with Gasteiger partial charge in [-0.05, 0) is 12.1 Å². The largest absolute Gasteiger partial charge is 0.416 e. The van der Waals surface area contributed by atoms with Gasteiger partial charge in [-0.1, -0.05) is 24.2 Å². The molecule has 0 atom stereocenters. The van der Waals surface area contributed by atoms with Gasteiger partial charge in [-0.15, -0.1) is 0 Å². The van der Waals surface area contributed by atoms with Crippen molar-refractivity contribution in [3.05, 3.63) is 35.7 Å². The lowest BCUT2D eigenvalue weighted by Crippen LogP contribution is -2.48. The number of rotatable bonds is 4. The zero-order valence-corrected chi connectivity index (χ0v) is 14.3. The molecule has 140 valence electrons. The van der Waals surface area contributed by atoms with Crippen LogP contribution < -0.4 is 0 Å². The van der Waals surface area contributed by atoms with Crippen molar-refractivity contribution >= 4 is 5.91 Å². The third-order valence-corrected chi connectivity index (χ3v) is 4.30. The summed E-state index contributed by atoms with van der Waals surface area (Å²) in [6.07, 6.45) is -3.93. The topological polar surface area (TPSA) is 62.5 Å². The molecule has 2 aromatic rings. The molecule has 1 fully saturated rings. The molecular formula is C17H19F3N4O2. The lowest BCUT2D eigenvalue weighted by Gasteiger charge is -2.33. The second kappa shape index (κ2) is 7.45.